The monoisotopic (exact) mass is 263 g/mol. The van der Waals surface area contributed by atoms with Crippen molar-refractivity contribution in [3.63, 3.8) is 0 Å². The molecular weight excluding hydrogens is 250 g/mol. The van der Waals surface area contributed by atoms with E-state index in [0.29, 0.717) is 11.6 Å². The molecule has 1 aliphatic heterocycles. The zero-order valence-electron chi connectivity index (χ0n) is 11.0. The molecule has 0 saturated heterocycles. The zero-order valence-corrected chi connectivity index (χ0v) is 11.0. The lowest BCUT2D eigenvalue weighted by Gasteiger charge is -1.99. The van der Waals surface area contributed by atoms with Gasteiger partial charge in [-0.1, -0.05) is 48.0 Å². The van der Waals surface area contributed by atoms with Gasteiger partial charge in [-0.2, -0.15) is 0 Å². The molecule has 3 rings (SSSR count). The molecule has 20 heavy (non-hydrogen) atoms. The predicted octanol–water partition coefficient (Wildman–Crippen LogP) is 3.34. The number of hydrogen-bond donors (Lipinski definition) is 0. The smallest absolute Gasteiger partial charge is 0.363 e. The highest BCUT2D eigenvalue weighted by atomic mass is 16.6. The standard InChI is InChI=1S/C17H13NO2/c1-12-7-9-14(10-8-12)16-18-15(17(19)20-16)11-13-5-3-2-4-6-13/h2-11H,1H3/b15-11+. The van der Waals surface area contributed by atoms with Crippen LogP contribution in [-0.4, -0.2) is 11.9 Å². The van der Waals surface area contributed by atoms with Crippen molar-refractivity contribution in [1.82, 2.24) is 0 Å². The van der Waals surface area contributed by atoms with Crippen LogP contribution in [0, 0.1) is 6.92 Å². The summed E-state index contributed by atoms with van der Waals surface area (Å²) in [6.45, 7) is 2.01. The average Bonchev–Trinajstić information content (AvgIpc) is 2.82. The van der Waals surface area contributed by atoms with Crippen LogP contribution >= 0.6 is 0 Å². The van der Waals surface area contributed by atoms with Crippen molar-refractivity contribution in [3.05, 3.63) is 77.0 Å². The second-order valence-corrected chi connectivity index (χ2v) is 4.61. The highest BCUT2D eigenvalue weighted by Gasteiger charge is 2.23. The summed E-state index contributed by atoms with van der Waals surface area (Å²) in [6, 6.07) is 17.3. The van der Waals surface area contributed by atoms with E-state index in [-0.39, 0.29) is 0 Å². The first-order valence-electron chi connectivity index (χ1n) is 6.37. The third-order valence-electron chi connectivity index (χ3n) is 3.02. The lowest BCUT2D eigenvalue weighted by Crippen LogP contribution is -2.05. The Morgan fingerprint density at radius 1 is 1.00 bits per heavy atom. The van der Waals surface area contributed by atoms with Crippen LogP contribution in [-0.2, 0) is 9.53 Å². The van der Waals surface area contributed by atoms with Gasteiger partial charge >= 0.3 is 5.97 Å². The summed E-state index contributed by atoms with van der Waals surface area (Å²) in [5, 5.41) is 0. The first kappa shape index (κ1) is 12.4. The molecule has 2 aromatic rings. The van der Waals surface area contributed by atoms with Crippen molar-refractivity contribution in [1.29, 1.82) is 0 Å². The molecule has 3 heteroatoms. The van der Waals surface area contributed by atoms with E-state index >= 15 is 0 Å². The van der Waals surface area contributed by atoms with Gasteiger partial charge in [0.2, 0.25) is 5.90 Å². The quantitative estimate of drug-likeness (QED) is 0.615. The van der Waals surface area contributed by atoms with Crippen molar-refractivity contribution in [2.24, 2.45) is 4.99 Å². The SMILES string of the molecule is Cc1ccc(C2=N/C(=C/c3ccccc3)C(=O)O2)cc1. The van der Waals surface area contributed by atoms with Crippen LogP contribution in [0.4, 0.5) is 0 Å². The van der Waals surface area contributed by atoms with Gasteiger partial charge in [0.15, 0.2) is 5.70 Å². The molecule has 0 amide bonds. The third kappa shape index (κ3) is 2.52. The van der Waals surface area contributed by atoms with Crippen molar-refractivity contribution in [3.8, 4) is 0 Å². The largest absolute Gasteiger partial charge is 0.402 e. The summed E-state index contributed by atoms with van der Waals surface area (Å²) in [7, 11) is 0. The number of benzene rings is 2. The van der Waals surface area contributed by atoms with E-state index in [1.54, 1.807) is 6.08 Å². The predicted molar refractivity (Wildman–Crippen MR) is 78.2 cm³/mol. The van der Waals surface area contributed by atoms with E-state index in [4.69, 9.17) is 4.74 Å². The second-order valence-electron chi connectivity index (χ2n) is 4.61. The summed E-state index contributed by atoms with van der Waals surface area (Å²) in [6.07, 6.45) is 1.73. The molecule has 0 spiro atoms. The molecule has 0 N–H and O–H groups in total. The molecule has 3 nitrogen and oxygen atoms in total. The molecule has 0 radical (unpaired) electrons. The van der Waals surface area contributed by atoms with Crippen LogP contribution in [0.25, 0.3) is 6.08 Å². The van der Waals surface area contributed by atoms with E-state index in [9.17, 15) is 4.79 Å². The molecule has 0 aromatic heterocycles. The zero-order chi connectivity index (χ0) is 13.9. The van der Waals surface area contributed by atoms with Gasteiger partial charge in [-0.3, -0.25) is 0 Å². The molecule has 0 bridgehead atoms. The second kappa shape index (κ2) is 5.13. The van der Waals surface area contributed by atoms with E-state index in [1.165, 1.54) is 0 Å². The minimum atomic E-state index is -0.413. The van der Waals surface area contributed by atoms with Crippen molar-refractivity contribution in [2.75, 3.05) is 0 Å². The van der Waals surface area contributed by atoms with Gasteiger partial charge in [0.1, 0.15) is 0 Å². The number of ether oxygens (including phenoxy) is 1. The van der Waals surface area contributed by atoms with E-state index in [0.717, 1.165) is 16.7 Å². The van der Waals surface area contributed by atoms with Gasteiger partial charge in [-0.05, 0) is 30.7 Å². The fraction of sp³-hybridized carbons (Fsp3) is 0.0588. The molecule has 0 atom stereocenters. The molecule has 1 aliphatic rings. The molecule has 2 aromatic carbocycles. The van der Waals surface area contributed by atoms with Gasteiger partial charge in [0, 0.05) is 5.56 Å². The molecule has 1 heterocycles. The van der Waals surface area contributed by atoms with Crippen LogP contribution in [0.2, 0.25) is 0 Å². The Labute approximate surface area is 117 Å². The van der Waals surface area contributed by atoms with Crippen LogP contribution in [0.5, 0.6) is 0 Å². The number of esters is 1. The van der Waals surface area contributed by atoms with Crippen molar-refractivity contribution in [2.45, 2.75) is 6.92 Å². The number of carbonyl (C=O) groups excluding carboxylic acids is 1. The Morgan fingerprint density at radius 2 is 1.70 bits per heavy atom. The maximum atomic E-state index is 11.8. The Kier molecular flexibility index (Phi) is 3.17. The number of aliphatic imine (C=N–C) groups is 1. The highest BCUT2D eigenvalue weighted by Crippen LogP contribution is 2.19. The van der Waals surface area contributed by atoms with Gasteiger partial charge < -0.3 is 4.74 Å². The molecule has 0 fully saturated rings. The van der Waals surface area contributed by atoms with Crippen molar-refractivity contribution < 1.29 is 9.53 Å². The summed E-state index contributed by atoms with van der Waals surface area (Å²) in [4.78, 5) is 16.1. The fourth-order valence-corrected chi connectivity index (χ4v) is 1.94. The van der Waals surface area contributed by atoms with E-state index in [1.807, 2.05) is 61.5 Å². The molecule has 0 saturated carbocycles. The normalized spacial score (nSPS) is 16.1. The van der Waals surface area contributed by atoms with Crippen LogP contribution in [0.3, 0.4) is 0 Å². The van der Waals surface area contributed by atoms with Gasteiger partial charge in [0.05, 0.1) is 0 Å². The lowest BCUT2D eigenvalue weighted by molar-refractivity contribution is -0.129. The first-order chi connectivity index (χ1) is 9.72. The molecular formula is C17H13NO2. The number of rotatable bonds is 2. The van der Waals surface area contributed by atoms with Gasteiger partial charge in [-0.25, -0.2) is 9.79 Å². The molecule has 0 aliphatic carbocycles. The number of cyclic esters (lactones) is 1. The number of nitrogens with zero attached hydrogens (tertiary/aromatic N) is 1. The minimum Gasteiger partial charge on any atom is -0.402 e. The highest BCUT2D eigenvalue weighted by molar-refractivity contribution is 6.12. The Bertz CT molecular complexity index is 698. The molecule has 0 unspecified atom stereocenters. The van der Waals surface area contributed by atoms with E-state index in [2.05, 4.69) is 4.99 Å². The third-order valence-corrected chi connectivity index (χ3v) is 3.02. The maximum absolute atomic E-state index is 11.8. The number of hydrogen-bond acceptors (Lipinski definition) is 3. The summed E-state index contributed by atoms with van der Waals surface area (Å²) in [5.74, 6) is -0.0541. The summed E-state index contributed by atoms with van der Waals surface area (Å²) >= 11 is 0. The topological polar surface area (TPSA) is 38.7 Å². The average molecular weight is 263 g/mol. The lowest BCUT2D eigenvalue weighted by atomic mass is 10.1. The fourth-order valence-electron chi connectivity index (χ4n) is 1.94. The Morgan fingerprint density at radius 3 is 2.40 bits per heavy atom. The minimum absolute atomic E-state index is 0.326. The molecule has 98 valence electrons. The van der Waals surface area contributed by atoms with Crippen LogP contribution in [0.1, 0.15) is 16.7 Å². The maximum Gasteiger partial charge on any atom is 0.363 e. The number of carbonyl (C=O) groups is 1. The Hall–Kier alpha value is -2.68. The van der Waals surface area contributed by atoms with Crippen LogP contribution in [0.15, 0.2) is 65.3 Å². The summed E-state index contributed by atoms with van der Waals surface area (Å²) in [5.41, 5.74) is 3.21. The van der Waals surface area contributed by atoms with Gasteiger partial charge in [-0.15, -0.1) is 0 Å². The van der Waals surface area contributed by atoms with Gasteiger partial charge in [0.25, 0.3) is 0 Å². The first-order valence-corrected chi connectivity index (χ1v) is 6.37. The number of aryl methyl sites for hydroxylation is 1. The Balaban J connectivity index is 1.93. The van der Waals surface area contributed by atoms with Crippen LogP contribution < -0.4 is 0 Å². The van der Waals surface area contributed by atoms with Crippen molar-refractivity contribution >= 4 is 17.9 Å². The van der Waals surface area contributed by atoms with E-state index < -0.39 is 5.97 Å². The summed E-state index contributed by atoms with van der Waals surface area (Å²) < 4.78 is 5.21.